The fraction of sp³-hybridized carbons (Fsp3) is 0.409. The molecule has 1 amide bonds. The monoisotopic (exact) mass is 394 g/mol. The average molecular weight is 395 g/mol. The van der Waals surface area contributed by atoms with Crippen molar-refractivity contribution >= 4 is 39.0 Å². The van der Waals surface area contributed by atoms with Gasteiger partial charge in [0.15, 0.2) is 0 Å². The molecule has 2 heterocycles. The maximum absolute atomic E-state index is 12.8. The molecule has 5 nitrogen and oxygen atoms in total. The zero-order valence-corrected chi connectivity index (χ0v) is 18.0. The van der Waals surface area contributed by atoms with Crippen LogP contribution in [0.3, 0.4) is 0 Å². The Morgan fingerprint density at radius 2 is 1.86 bits per heavy atom. The van der Waals surface area contributed by atoms with Crippen LogP contribution in [0.2, 0.25) is 0 Å². The molecule has 1 aromatic carbocycles. The van der Waals surface area contributed by atoms with Gasteiger partial charge in [0.1, 0.15) is 16.5 Å². The molecular weight excluding hydrogens is 368 g/mol. The summed E-state index contributed by atoms with van der Waals surface area (Å²) in [5, 5.41) is 4.23. The largest absolute Gasteiger partial charge is 0.350 e. The minimum absolute atomic E-state index is 0.0335. The number of rotatable bonds is 4. The van der Waals surface area contributed by atoms with Crippen molar-refractivity contribution in [1.29, 1.82) is 0 Å². The first-order chi connectivity index (χ1) is 13.3. The van der Waals surface area contributed by atoms with E-state index in [4.69, 9.17) is 4.98 Å². The number of hydrogen-bond acceptors (Lipinski definition) is 5. The second kappa shape index (κ2) is 7.17. The third kappa shape index (κ3) is 3.37. The zero-order valence-electron chi connectivity index (χ0n) is 17.1. The summed E-state index contributed by atoms with van der Waals surface area (Å²) in [5.41, 5.74) is 5.67. The summed E-state index contributed by atoms with van der Waals surface area (Å²) in [7, 11) is 1.94. The van der Waals surface area contributed by atoms with Crippen LogP contribution in [-0.4, -0.2) is 29.5 Å². The number of anilines is 2. The van der Waals surface area contributed by atoms with Crippen LogP contribution in [0.15, 0.2) is 12.1 Å². The average Bonchev–Trinajstić information content (AvgIpc) is 3.17. The number of nitrogens with one attached hydrogen (secondary N) is 1. The number of hydrogen-bond donors (Lipinski definition) is 1. The number of amides is 1. The molecule has 28 heavy (non-hydrogen) atoms. The molecule has 0 unspecified atom stereocenters. The highest BCUT2D eigenvalue weighted by Crippen LogP contribution is 2.40. The van der Waals surface area contributed by atoms with Gasteiger partial charge in [-0.15, -0.1) is 11.3 Å². The minimum atomic E-state index is -0.0335. The lowest BCUT2D eigenvalue weighted by Crippen LogP contribution is -2.31. The van der Waals surface area contributed by atoms with Crippen LogP contribution in [0.1, 0.15) is 39.4 Å². The van der Waals surface area contributed by atoms with Gasteiger partial charge in [-0.1, -0.05) is 17.7 Å². The summed E-state index contributed by atoms with van der Waals surface area (Å²) in [5.74, 6) is 1.59. The van der Waals surface area contributed by atoms with Gasteiger partial charge >= 0.3 is 0 Å². The summed E-state index contributed by atoms with van der Waals surface area (Å²) in [6.45, 7) is 8.31. The Kier molecular flexibility index (Phi) is 4.83. The Hall–Kier alpha value is -2.47. The van der Waals surface area contributed by atoms with Crippen LogP contribution in [0.5, 0.6) is 0 Å². The highest BCUT2D eigenvalue weighted by Gasteiger charge is 2.24. The molecule has 4 rings (SSSR count). The third-order valence-electron chi connectivity index (χ3n) is 5.34. The zero-order chi connectivity index (χ0) is 20.0. The van der Waals surface area contributed by atoms with Crippen molar-refractivity contribution in [2.45, 2.75) is 47.0 Å². The fourth-order valence-corrected chi connectivity index (χ4v) is 5.50. The number of aryl methyl sites for hydroxylation is 6. The number of thiophene rings is 1. The summed E-state index contributed by atoms with van der Waals surface area (Å²) in [4.78, 5) is 26.6. The number of carbonyl (C=O) groups excluding carboxylic acids is 1. The minimum Gasteiger partial charge on any atom is -0.350 e. The SMILES string of the molecule is Cc1cc(C)c(NC(=O)CN(C)c2nc(C)nc3sc4c(c23)CCC4)c(C)c1. The van der Waals surface area contributed by atoms with Crippen molar-refractivity contribution in [3.05, 3.63) is 45.1 Å². The predicted octanol–water partition coefficient (Wildman–Crippen LogP) is 4.49. The van der Waals surface area contributed by atoms with Crippen molar-refractivity contribution in [1.82, 2.24) is 9.97 Å². The van der Waals surface area contributed by atoms with Crippen molar-refractivity contribution in [2.75, 3.05) is 23.8 Å². The van der Waals surface area contributed by atoms with Crippen LogP contribution in [0.4, 0.5) is 11.5 Å². The molecular formula is C22H26N4OS. The standard InChI is InChI=1S/C22H26N4OS/c1-12-9-13(2)20(14(3)10-12)25-18(27)11-26(5)21-19-16-7-6-8-17(16)28-22(19)24-15(4)23-21/h9-10H,6-8,11H2,1-5H3,(H,25,27). The van der Waals surface area contributed by atoms with Gasteiger partial charge in [-0.05, 0) is 63.6 Å². The first kappa shape index (κ1) is 18.9. The summed E-state index contributed by atoms with van der Waals surface area (Å²) >= 11 is 1.78. The second-order valence-corrected chi connectivity index (χ2v) is 8.89. The Morgan fingerprint density at radius 3 is 2.57 bits per heavy atom. The van der Waals surface area contributed by atoms with Crippen LogP contribution in [0, 0.1) is 27.7 Å². The predicted molar refractivity (Wildman–Crippen MR) is 117 cm³/mol. The van der Waals surface area contributed by atoms with Gasteiger partial charge < -0.3 is 10.2 Å². The Morgan fingerprint density at radius 1 is 1.14 bits per heavy atom. The molecule has 0 bridgehead atoms. The van der Waals surface area contributed by atoms with E-state index in [1.54, 1.807) is 11.3 Å². The molecule has 0 aliphatic heterocycles. The van der Waals surface area contributed by atoms with Gasteiger partial charge in [-0.2, -0.15) is 0 Å². The molecule has 0 radical (unpaired) electrons. The topological polar surface area (TPSA) is 58.1 Å². The molecule has 0 atom stereocenters. The van der Waals surface area contributed by atoms with E-state index in [-0.39, 0.29) is 12.5 Å². The number of likely N-dealkylation sites (N-methyl/N-ethyl adjacent to an activating group) is 1. The van der Waals surface area contributed by atoms with E-state index in [0.717, 1.165) is 51.5 Å². The number of aromatic nitrogens is 2. The van der Waals surface area contributed by atoms with Crippen LogP contribution >= 0.6 is 11.3 Å². The van der Waals surface area contributed by atoms with Gasteiger partial charge in [0.25, 0.3) is 0 Å². The first-order valence-corrected chi connectivity index (χ1v) is 10.5. The summed E-state index contributed by atoms with van der Waals surface area (Å²) in [6, 6.07) is 4.19. The van der Waals surface area contributed by atoms with Crippen LogP contribution < -0.4 is 10.2 Å². The Bertz CT molecular complexity index is 1060. The summed E-state index contributed by atoms with van der Waals surface area (Å²) in [6.07, 6.45) is 3.40. The van der Waals surface area contributed by atoms with Gasteiger partial charge in [0.05, 0.1) is 11.9 Å². The molecule has 2 aromatic heterocycles. The molecule has 0 spiro atoms. The smallest absolute Gasteiger partial charge is 0.243 e. The third-order valence-corrected chi connectivity index (χ3v) is 6.53. The quantitative estimate of drug-likeness (QED) is 0.708. The maximum atomic E-state index is 12.8. The van der Waals surface area contributed by atoms with Gasteiger partial charge in [-0.3, -0.25) is 4.79 Å². The lowest BCUT2D eigenvalue weighted by atomic mass is 10.1. The van der Waals surface area contributed by atoms with Crippen molar-refractivity contribution in [3.8, 4) is 0 Å². The molecule has 0 fully saturated rings. The Labute approximate surface area is 169 Å². The van der Waals surface area contributed by atoms with E-state index in [1.165, 1.54) is 22.4 Å². The molecule has 1 aliphatic rings. The van der Waals surface area contributed by atoms with Gasteiger partial charge in [0.2, 0.25) is 5.91 Å². The van der Waals surface area contributed by atoms with Crippen molar-refractivity contribution in [2.24, 2.45) is 0 Å². The lowest BCUT2D eigenvalue weighted by Gasteiger charge is -2.20. The molecule has 6 heteroatoms. The first-order valence-electron chi connectivity index (χ1n) is 9.71. The molecule has 0 saturated heterocycles. The number of fused-ring (bicyclic) bond motifs is 3. The molecule has 0 saturated carbocycles. The highest BCUT2D eigenvalue weighted by atomic mass is 32.1. The maximum Gasteiger partial charge on any atom is 0.243 e. The number of carbonyl (C=O) groups is 1. The highest BCUT2D eigenvalue weighted by molar-refractivity contribution is 7.19. The molecule has 3 aromatic rings. The molecule has 1 N–H and O–H groups in total. The second-order valence-electron chi connectivity index (χ2n) is 7.81. The van der Waals surface area contributed by atoms with E-state index < -0.39 is 0 Å². The number of nitrogens with zero attached hydrogens (tertiary/aromatic N) is 3. The fourth-order valence-electron chi connectivity index (χ4n) is 4.20. The number of benzene rings is 1. The van der Waals surface area contributed by atoms with E-state index in [1.807, 2.05) is 32.7 Å². The van der Waals surface area contributed by atoms with Crippen LogP contribution in [-0.2, 0) is 17.6 Å². The van der Waals surface area contributed by atoms with E-state index >= 15 is 0 Å². The van der Waals surface area contributed by atoms with Gasteiger partial charge in [0, 0.05) is 17.6 Å². The summed E-state index contributed by atoms with van der Waals surface area (Å²) < 4.78 is 0. The molecule has 146 valence electrons. The lowest BCUT2D eigenvalue weighted by molar-refractivity contribution is -0.114. The Balaban J connectivity index is 1.61. The van der Waals surface area contributed by atoms with E-state index in [2.05, 4.69) is 29.4 Å². The van der Waals surface area contributed by atoms with E-state index in [9.17, 15) is 4.79 Å². The van der Waals surface area contributed by atoms with Crippen molar-refractivity contribution < 1.29 is 4.79 Å². The normalized spacial score (nSPS) is 13.0. The van der Waals surface area contributed by atoms with E-state index in [0.29, 0.717) is 0 Å². The molecule has 1 aliphatic carbocycles. The van der Waals surface area contributed by atoms with Crippen molar-refractivity contribution in [3.63, 3.8) is 0 Å². The van der Waals surface area contributed by atoms with Gasteiger partial charge in [-0.25, -0.2) is 9.97 Å². The van der Waals surface area contributed by atoms with Crippen LogP contribution in [0.25, 0.3) is 10.2 Å².